The maximum Gasteiger partial charge on any atom is 0.293 e. The molecule has 0 atom stereocenters. The van der Waals surface area contributed by atoms with Crippen LogP contribution < -0.4 is 4.74 Å². The van der Waals surface area contributed by atoms with Crippen LogP contribution >= 0.6 is 43.6 Å². The molecule has 0 unspecified atom stereocenters. The lowest BCUT2D eigenvalue weighted by Crippen LogP contribution is -2.27. The van der Waals surface area contributed by atoms with Gasteiger partial charge in [-0.25, -0.2) is 0 Å². The van der Waals surface area contributed by atoms with Crippen LogP contribution in [0.5, 0.6) is 5.75 Å². The maximum absolute atomic E-state index is 12.7. The molecule has 0 aromatic heterocycles. The average Bonchev–Trinajstić information content (AvgIpc) is 2.89. The van der Waals surface area contributed by atoms with Gasteiger partial charge in [-0.2, -0.15) is 0 Å². The van der Waals surface area contributed by atoms with Crippen LogP contribution in [0.25, 0.3) is 6.08 Å². The van der Waals surface area contributed by atoms with Gasteiger partial charge in [0, 0.05) is 4.47 Å². The minimum absolute atomic E-state index is 0.256. The van der Waals surface area contributed by atoms with E-state index in [1.165, 1.54) is 4.90 Å². The van der Waals surface area contributed by atoms with E-state index in [-0.39, 0.29) is 17.7 Å². The lowest BCUT2D eigenvalue weighted by Gasteiger charge is -2.12. The van der Waals surface area contributed by atoms with Crippen LogP contribution in [0, 0.1) is 0 Å². The summed E-state index contributed by atoms with van der Waals surface area (Å²) in [6.07, 6.45) is 2.67. The van der Waals surface area contributed by atoms with Crippen LogP contribution in [0.2, 0.25) is 0 Å². The largest absolute Gasteiger partial charge is 0.492 e. The highest BCUT2D eigenvalue weighted by Gasteiger charge is 2.35. The van der Waals surface area contributed by atoms with Crippen molar-refractivity contribution in [1.82, 2.24) is 4.90 Å². The van der Waals surface area contributed by atoms with Crippen LogP contribution in [0.4, 0.5) is 4.79 Å². The number of thioether (sulfide) groups is 1. The molecule has 4 nitrogen and oxygen atoms in total. The molecule has 0 spiro atoms. The van der Waals surface area contributed by atoms with Gasteiger partial charge in [-0.15, -0.1) is 0 Å². The molecule has 1 aliphatic rings. The van der Waals surface area contributed by atoms with Crippen LogP contribution in [0.1, 0.15) is 24.5 Å². The smallest absolute Gasteiger partial charge is 0.293 e. The Bertz CT molecular complexity index is 914. The average molecular weight is 511 g/mol. The van der Waals surface area contributed by atoms with E-state index < -0.39 is 0 Å². The standard InChI is InChI=1S/C20H17Br2NO3S/c1-2-8-26-17-7-6-13(10-16(17)22)11-18-19(24)23(20(25)27-18)12-14-4-3-5-15(21)9-14/h3-7,9-11H,2,8,12H2,1H3/b18-11-. The SMILES string of the molecule is CCCOc1ccc(/C=C2\SC(=O)N(Cc3cccc(Br)c3)C2=O)cc1Br. The molecule has 3 rings (SSSR count). The quantitative estimate of drug-likeness (QED) is 0.431. The number of nitrogens with zero attached hydrogens (tertiary/aromatic N) is 1. The number of carbonyl (C=O) groups is 2. The fourth-order valence-electron chi connectivity index (χ4n) is 2.54. The number of hydrogen-bond donors (Lipinski definition) is 0. The van der Waals surface area contributed by atoms with E-state index in [9.17, 15) is 9.59 Å². The molecule has 2 aromatic rings. The molecule has 0 aliphatic carbocycles. The molecule has 140 valence electrons. The number of hydrogen-bond acceptors (Lipinski definition) is 4. The van der Waals surface area contributed by atoms with E-state index in [2.05, 4.69) is 31.9 Å². The number of ether oxygens (including phenoxy) is 1. The molecule has 0 N–H and O–H groups in total. The Kier molecular flexibility index (Phi) is 6.78. The lowest BCUT2D eigenvalue weighted by atomic mass is 10.2. The van der Waals surface area contributed by atoms with Crippen LogP contribution in [-0.2, 0) is 11.3 Å². The van der Waals surface area contributed by atoms with Crippen LogP contribution in [0.3, 0.4) is 0 Å². The van der Waals surface area contributed by atoms with E-state index in [1.807, 2.05) is 49.4 Å². The van der Waals surface area contributed by atoms with Crippen molar-refractivity contribution in [2.24, 2.45) is 0 Å². The van der Waals surface area contributed by atoms with E-state index >= 15 is 0 Å². The molecular formula is C20H17Br2NO3S. The third-order valence-electron chi connectivity index (χ3n) is 3.82. The molecule has 1 heterocycles. The van der Waals surface area contributed by atoms with Gasteiger partial charge in [0.1, 0.15) is 5.75 Å². The molecule has 0 bridgehead atoms. The zero-order valence-electron chi connectivity index (χ0n) is 14.6. The van der Waals surface area contributed by atoms with Gasteiger partial charge in [0.05, 0.1) is 22.5 Å². The molecule has 1 fully saturated rings. The molecule has 0 radical (unpaired) electrons. The second-order valence-corrected chi connectivity index (χ2v) is 8.70. The summed E-state index contributed by atoms with van der Waals surface area (Å²) < 4.78 is 7.37. The fourth-order valence-corrected chi connectivity index (χ4v) is 4.34. The summed E-state index contributed by atoms with van der Waals surface area (Å²) in [6.45, 7) is 2.95. The molecule has 2 amide bonds. The summed E-state index contributed by atoms with van der Waals surface area (Å²) in [4.78, 5) is 26.7. The summed E-state index contributed by atoms with van der Waals surface area (Å²) in [5.74, 6) is 0.490. The summed E-state index contributed by atoms with van der Waals surface area (Å²) in [5.41, 5.74) is 1.73. The highest BCUT2D eigenvalue weighted by Crippen LogP contribution is 2.35. The first-order valence-corrected chi connectivity index (χ1v) is 10.8. The molecule has 7 heteroatoms. The second-order valence-electron chi connectivity index (χ2n) is 5.94. The van der Waals surface area contributed by atoms with Gasteiger partial charge >= 0.3 is 0 Å². The first-order chi connectivity index (χ1) is 13.0. The van der Waals surface area contributed by atoms with Gasteiger partial charge in [-0.3, -0.25) is 14.5 Å². The predicted octanol–water partition coefficient (Wildman–Crippen LogP) is 6.24. The molecule has 0 saturated carbocycles. The Balaban J connectivity index is 1.77. The molecule has 1 aliphatic heterocycles. The Morgan fingerprint density at radius 2 is 1.96 bits per heavy atom. The first kappa shape index (κ1) is 20.2. The Morgan fingerprint density at radius 1 is 1.15 bits per heavy atom. The van der Waals surface area contributed by atoms with Crippen molar-refractivity contribution in [2.45, 2.75) is 19.9 Å². The number of benzene rings is 2. The van der Waals surface area contributed by atoms with Gasteiger partial charge in [0.25, 0.3) is 11.1 Å². The minimum Gasteiger partial charge on any atom is -0.492 e. The second kappa shape index (κ2) is 9.08. The van der Waals surface area contributed by atoms with Crippen LogP contribution in [-0.4, -0.2) is 22.7 Å². The highest BCUT2D eigenvalue weighted by molar-refractivity contribution is 9.10. The van der Waals surface area contributed by atoms with Gasteiger partial charge in [0.2, 0.25) is 0 Å². The van der Waals surface area contributed by atoms with E-state index in [4.69, 9.17) is 4.74 Å². The summed E-state index contributed by atoms with van der Waals surface area (Å²) in [5, 5.41) is -0.256. The van der Waals surface area contributed by atoms with Crippen molar-refractivity contribution in [1.29, 1.82) is 0 Å². The summed E-state index contributed by atoms with van der Waals surface area (Å²) in [7, 11) is 0. The highest BCUT2D eigenvalue weighted by atomic mass is 79.9. The number of halogens is 2. The molecule has 27 heavy (non-hydrogen) atoms. The van der Waals surface area contributed by atoms with Crippen LogP contribution in [0.15, 0.2) is 56.3 Å². The van der Waals surface area contributed by atoms with Crippen molar-refractivity contribution in [3.05, 3.63) is 67.4 Å². The predicted molar refractivity (Wildman–Crippen MR) is 116 cm³/mol. The first-order valence-electron chi connectivity index (χ1n) is 8.40. The van der Waals surface area contributed by atoms with Gasteiger partial charge in [-0.05, 0) is 75.6 Å². The Morgan fingerprint density at radius 3 is 2.67 bits per heavy atom. The van der Waals surface area contributed by atoms with E-state index in [0.717, 1.165) is 44.0 Å². The Labute approximate surface area is 179 Å². The van der Waals surface area contributed by atoms with Gasteiger partial charge in [-0.1, -0.05) is 41.1 Å². The van der Waals surface area contributed by atoms with Crippen molar-refractivity contribution in [2.75, 3.05) is 6.61 Å². The topological polar surface area (TPSA) is 46.6 Å². The van der Waals surface area contributed by atoms with Crippen molar-refractivity contribution < 1.29 is 14.3 Å². The summed E-state index contributed by atoms with van der Waals surface area (Å²) in [6, 6.07) is 13.2. The number of imide groups is 1. The van der Waals surface area contributed by atoms with Gasteiger partial charge < -0.3 is 4.74 Å². The maximum atomic E-state index is 12.7. The lowest BCUT2D eigenvalue weighted by molar-refractivity contribution is -0.123. The third-order valence-corrected chi connectivity index (χ3v) is 5.84. The minimum atomic E-state index is -0.271. The van der Waals surface area contributed by atoms with Gasteiger partial charge in [0.15, 0.2) is 0 Å². The number of carbonyl (C=O) groups excluding carboxylic acids is 2. The fraction of sp³-hybridized carbons (Fsp3) is 0.200. The molecule has 1 saturated heterocycles. The zero-order chi connectivity index (χ0) is 19.4. The summed E-state index contributed by atoms with van der Waals surface area (Å²) >= 11 is 7.86. The van der Waals surface area contributed by atoms with Crippen molar-refractivity contribution in [3.63, 3.8) is 0 Å². The molecule has 2 aromatic carbocycles. The van der Waals surface area contributed by atoms with E-state index in [0.29, 0.717) is 11.5 Å². The molecular weight excluding hydrogens is 494 g/mol. The monoisotopic (exact) mass is 509 g/mol. The Hall–Kier alpha value is -1.57. The number of rotatable bonds is 6. The van der Waals surface area contributed by atoms with Crippen molar-refractivity contribution in [3.8, 4) is 5.75 Å². The number of amides is 2. The van der Waals surface area contributed by atoms with E-state index in [1.54, 1.807) is 6.08 Å². The third kappa shape index (κ3) is 5.03. The zero-order valence-corrected chi connectivity index (χ0v) is 18.6. The van der Waals surface area contributed by atoms with Crippen molar-refractivity contribution >= 4 is 60.8 Å². The normalized spacial score (nSPS) is 15.7.